The smallest absolute Gasteiger partial charge is 0.195 e. The fourth-order valence-electron chi connectivity index (χ4n) is 2.45. The van der Waals surface area contributed by atoms with Crippen LogP contribution in [0.1, 0.15) is 15.9 Å². The van der Waals surface area contributed by atoms with Gasteiger partial charge in [0.15, 0.2) is 17.3 Å². The Kier molecular flexibility index (Phi) is 4.10. The number of nitrogens with one attached hydrogen (secondary N) is 1. The zero-order valence-electron chi connectivity index (χ0n) is 12.9. The SMILES string of the molecule is COc1ccc(-c2c[nH]cc2C(=O)c2ccncc2)cc1OC. The molecule has 0 radical (unpaired) electrons. The zero-order chi connectivity index (χ0) is 16.2. The summed E-state index contributed by atoms with van der Waals surface area (Å²) in [6.07, 6.45) is 6.72. The van der Waals surface area contributed by atoms with Gasteiger partial charge in [0.05, 0.1) is 14.2 Å². The summed E-state index contributed by atoms with van der Waals surface area (Å²) in [5, 5.41) is 0. The number of hydrogen-bond donors (Lipinski definition) is 1. The van der Waals surface area contributed by atoms with Crippen molar-refractivity contribution in [2.24, 2.45) is 0 Å². The predicted molar refractivity (Wildman–Crippen MR) is 87.0 cm³/mol. The van der Waals surface area contributed by atoms with Crippen molar-refractivity contribution in [1.82, 2.24) is 9.97 Å². The molecule has 1 N–H and O–H groups in total. The van der Waals surface area contributed by atoms with Gasteiger partial charge in [-0.3, -0.25) is 9.78 Å². The Balaban J connectivity index is 2.03. The highest BCUT2D eigenvalue weighted by Crippen LogP contribution is 2.34. The second-order valence-corrected chi connectivity index (χ2v) is 4.92. The summed E-state index contributed by atoms with van der Waals surface area (Å²) in [4.78, 5) is 19.6. The Bertz CT molecular complexity index is 825. The molecule has 1 aromatic carbocycles. The highest BCUT2D eigenvalue weighted by Gasteiger charge is 2.17. The Morgan fingerprint density at radius 1 is 1.00 bits per heavy atom. The van der Waals surface area contributed by atoms with Gasteiger partial charge >= 0.3 is 0 Å². The number of methoxy groups -OCH3 is 2. The number of rotatable bonds is 5. The standard InChI is InChI=1S/C18H16N2O3/c1-22-16-4-3-13(9-17(16)23-2)14-10-20-11-15(14)18(21)12-5-7-19-8-6-12/h3-11,20H,1-2H3. The molecule has 2 aromatic heterocycles. The van der Waals surface area contributed by atoms with E-state index in [-0.39, 0.29) is 5.78 Å². The first-order valence-electron chi connectivity index (χ1n) is 7.08. The summed E-state index contributed by atoms with van der Waals surface area (Å²) in [6, 6.07) is 8.97. The van der Waals surface area contributed by atoms with Gasteiger partial charge < -0.3 is 14.5 Å². The summed E-state index contributed by atoms with van der Waals surface area (Å²) in [5.41, 5.74) is 2.89. The van der Waals surface area contributed by atoms with E-state index in [1.165, 1.54) is 0 Å². The van der Waals surface area contributed by atoms with E-state index in [2.05, 4.69) is 9.97 Å². The molecule has 3 rings (SSSR count). The van der Waals surface area contributed by atoms with Gasteiger partial charge in [0, 0.05) is 41.5 Å². The van der Waals surface area contributed by atoms with Crippen molar-refractivity contribution in [2.45, 2.75) is 0 Å². The zero-order valence-corrected chi connectivity index (χ0v) is 12.9. The van der Waals surface area contributed by atoms with Crippen LogP contribution in [0.15, 0.2) is 55.1 Å². The fraction of sp³-hybridized carbons (Fsp3) is 0.111. The molecule has 0 amide bonds. The molecule has 2 heterocycles. The van der Waals surface area contributed by atoms with E-state index in [1.54, 1.807) is 51.1 Å². The third-order valence-electron chi connectivity index (χ3n) is 3.63. The first-order valence-corrected chi connectivity index (χ1v) is 7.08. The van der Waals surface area contributed by atoms with E-state index in [0.717, 1.165) is 11.1 Å². The molecular weight excluding hydrogens is 292 g/mol. The van der Waals surface area contributed by atoms with E-state index in [4.69, 9.17) is 9.47 Å². The molecule has 0 spiro atoms. The molecule has 0 saturated heterocycles. The lowest BCUT2D eigenvalue weighted by molar-refractivity contribution is 0.103. The van der Waals surface area contributed by atoms with Crippen LogP contribution in [0.5, 0.6) is 11.5 Å². The lowest BCUT2D eigenvalue weighted by atomic mass is 9.98. The van der Waals surface area contributed by atoms with Gasteiger partial charge in [0.2, 0.25) is 0 Å². The molecule has 116 valence electrons. The van der Waals surface area contributed by atoms with Crippen molar-refractivity contribution in [1.29, 1.82) is 0 Å². The summed E-state index contributed by atoms with van der Waals surface area (Å²) >= 11 is 0. The molecule has 23 heavy (non-hydrogen) atoms. The van der Waals surface area contributed by atoms with Crippen LogP contribution in [0, 0.1) is 0 Å². The van der Waals surface area contributed by atoms with Crippen molar-refractivity contribution < 1.29 is 14.3 Å². The van der Waals surface area contributed by atoms with Gasteiger partial charge in [0.25, 0.3) is 0 Å². The van der Waals surface area contributed by atoms with E-state index < -0.39 is 0 Å². The number of carbonyl (C=O) groups is 1. The highest BCUT2D eigenvalue weighted by atomic mass is 16.5. The Morgan fingerprint density at radius 3 is 2.43 bits per heavy atom. The normalized spacial score (nSPS) is 10.3. The van der Waals surface area contributed by atoms with Crippen LogP contribution in [-0.4, -0.2) is 30.0 Å². The molecule has 0 bridgehead atoms. The Morgan fingerprint density at radius 2 is 1.74 bits per heavy atom. The topological polar surface area (TPSA) is 64.2 Å². The molecule has 0 unspecified atom stereocenters. The largest absolute Gasteiger partial charge is 0.493 e. The van der Waals surface area contributed by atoms with Crippen LogP contribution in [0.4, 0.5) is 0 Å². The van der Waals surface area contributed by atoms with Crippen molar-refractivity contribution in [3.63, 3.8) is 0 Å². The average molecular weight is 308 g/mol. The monoisotopic (exact) mass is 308 g/mol. The minimum absolute atomic E-state index is 0.0570. The lowest BCUT2D eigenvalue weighted by Gasteiger charge is -2.10. The fourth-order valence-corrected chi connectivity index (χ4v) is 2.45. The van der Waals surface area contributed by atoms with Crippen molar-refractivity contribution in [2.75, 3.05) is 14.2 Å². The maximum Gasteiger partial charge on any atom is 0.195 e. The van der Waals surface area contributed by atoms with Crippen LogP contribution < -0.4 is 9.47 Å². The summed E-state index contributed by atoms with van der Waals surface area (Å²) in [6.45, 7) is 0. The Hall–Kier alpha value is -3.08. The second kappa shape index (κ2) is 6.36. The van der Waals surface area contributed by atoms with E-state index in [1.807, 2.05) is 18.2 Å². The third kappa shape index (κ3) is 2.81. The van der Waals surface area contributed by atoms with E-state index in [0.29, 0.717) is 22.6 Å². The van der Waals surface area contributed by atoms with Gasteiger partial charge in [-0.1, -0.05) is 6.07 Å². The number of aromatic nitrogens is 2. The molecule has 0 saturated carbocycles. The quantitative estimate of drug-likeness (QED) is 0.734. The molecule has 0 aliphatic carbocycles. The molecule has 5 heteroatoms. The number of H-pyrrole nitrogens is 1. The number of nitrogens with zero attached hydrogens (tertiary/aromatic N) is 1. The molecule has 3 aromatic rings. The lowest BCUT2D eigenvalue weighted by Crippen LogP contribution is -2.01. The third-order valence-corrected chi connectivity index (χ3v) is 3.63. The van der Waals surface area contributed by atoms with Gasteiger partial charge in [-0.2, -0.15) is 0 Å². The first-order chi connectivity index (χ1) is 11.2. The number of hydrogen-bond acceptors (Lipinski definition) is 4. The van der Waals surface area contributed by atoms with Gasteiger partial charge in [-0.15, -0.1) is 0 Å². The summed E-state index contributed by atoms with van der Waals surface area (Å²) in [5.74, 6) is 1.21. The van der Waals surface area contributed by atoms with Crippen LogP contribution in [0.2, 0.25) is 0 Å². The number of aromatic amines is 1. The number of benzene rings is 1. The van der Waals surface area contributed by atoms with Crippen molar-refractivity contribution in [3.05, 3.63) is 66.2 Å². The van der Waals surface area contributed by atoms with Crippen molar-refractivity contribution >= 4 is 5.78 Å². The van der Waals surface area contributed by atoms with Gasteiger partial charge in [-0.05, 0) is 29.8 Å². The minimum atomic E-state index is -0.0570. The first kappa shape index (κ1) is 14.8. The number of ether oxygens (including phenoxy) is 2. The van der Waals surface area contributed by atoms with Crippen LogP contribution in [0.25, 0.3) is 11.1 Å². The molecule has 5 nitrogen and oxygen atoms in total. The van der Waals surface area contributed by atoms with Crippen LogP contribution in [0.3, 0.4) is 0 Å². The molecule has 0 aliphatic rings. The maximum absolute atomic E-state index is 12.7. The number of ketones is 1. The summed E-state index contributed by atoms with van der Waals surface area (Å²) in [7, 11) is 3.17. The Labute approximate surface area is 133 Å². The predicted octanol–water partition coefficient (Wildman–Crippen LogP) is 3.32. The molecular formula is C18H16N2O3. The van der Waals surface area contributed by atoms with Crippen LogP contribution >= 0.6 is 0 Å². The maximum atomic E-state index is 12.7. The highest BCUT2D eigenvalue weighted by molar-refractivity contribution is 6.12. The molecule has 0 aliphatic heterocycles. The average Bonchev–Trinajstić information content (AvgIpc) is 3.10. The molecule has 0 atom stereocenters. The van der Waals surface area contributed by atoms with Crippen LogP contribution in [-0.2, 0) is 0 Å². The minimum Gasteiger partial charge on any atom is -0.493 e. The number of carbonyl (C=O) groups excluding carboxylic acids is 1. The van der Waals surface area contributed by atoms with Gasteiger partial charge in [-0.25, -0.2) is 0 Å². The van der Waals surface area contributed by atoms with E-state index in [9.17, 15) is 4.79 Å². The summed E-state index contributed by atoms with van der Waals surface area (Å²) < 4.78 is 10.6. The molecule has 0 fully saturated rings. The van der Waals surface area contributed by atoms with E-state index >= 15 is 0 Å². The number of pyridine rings is 1. The second-order valence-electron chi connectivity index (χ2n) is 4.92. The van der Waals surface area contributed by atoms with Gasteiger partial charge in [0.1, 0.15) is 0 Å². The van der Waals surface area contributed by atoms with Crippen molar-refractivity contribution in [3.8, 4) is 22.6 Å².